The molecule has 2 heterocycles. The third-order valence-electron chi connectivity index (χ3n) is 4.08. The lowest BCUT2D eigenvalue weighted by Gasteiger charge is -2.06. The SMILES string of the molecule is Cc1ccc2cccc(CC(=O)c3sc4ccccc4c3Cl)c2n1. The number of hydrogen-bond acceptors (Lipinski definition) is 3. The summed E-state index contributed by atoms with van der Waals surface area (Å²) in [7, 11) is 0. The van der Waals surface area contributed by atoms with Crippen LogP contribution in [0.5, 0.6) is 0 Å². The van der Waals surface area contributed by atoms with Crippen molar-refractivity contribution >= 4 is 49.7 Å². The molecule has 0 aliphatic rings. The van der Waals surface area contributed by atoms with Gasteiger partial charge in [-0.05, 0) is 24.6 Å². The molecule has 4 heteroatoms. The molecule has 4 rings (SSSR count). The number of halogens is 1. The second-order valence-electron chi connectivity index (χ2n) is 5.78. The van der Waals surface area contributed by atoms with Gasteiger partial charge in [-0.25, -0.2) is 0 Å². The first-order chi connectivity index (χ1) is 11.6. The van der Waals surface area contributed by atoms with Gasteiger partial charge >= 0.3 is 0 Å². The molecule has 118 valence electrons. The first-order valence-electron chi connectivity index (χ1n) is 7.69. The fourth-order valence-corrected chi connectivity index (χ4v) is 4.37. The Kier molecular flexibility index (Phi) is 3.83. The van der Waals surface area contributed by atoms with E-state index in [0.29, 0.717) is 16.3 Å². The summed E-state index contributed by atoms with van der Waals surface area (Å²) in [6, 6.07) is 17.8. The molecule has 2 aromatic carbocycles. The number of benzene rings is 2. The molecular formula is C20H14ClNOS. The fraction of sp³-hybridized carbons (Fsp3) is 0.100. The molecule has 0 amide bonds. The minimum atomic E-state index is 0.0389. The van der Waals surface area contributed by atoms with Gasteiger partial charge in [0.25, 0.3) is 0 Å². The molecule has 0 aliphatic carbocycles. The van der Waals surface area contributed by atoms with Gasteiger partial charge < -0.3 is 0 Å². The molecule has 0 aliphatic heterocycles. The number of para-hydroxylation sites is 1. The smallest absolute Gasteiger partial charge is 0.178 e. The lowest BCUT2D eigenvalue weighted by Crippen LogP contribution is -2.03. The molecule has 2 nitrogen and oxygen atoms in total. The zero-order chi connectivity index (χ0) is 16.7. The average molecular weight is 352 g/mol. The maximum atomic E-state index is 12.8. The summed E-state index contributed by atoms with van der Waals surface area (Å²) >= 11 is 7.89. The van der Waals surface area contributed by atoms with E-state index in [1.54, 1.807) is 0 Å². The Morgan fingerprint density at radius 2 is 1.92 bits per heavy atom. The standard InChI is InChI=1S/C20H14ClNOS/c1-12-9-10-13-5-4-6-14(19(13)22-12)11-16(23)20-18(21)15-7-2-3-8-17(15)24-20/h2-10H,11H2,1H3. The van der Waals surface area contributed by atoms with Gasteiger partial charge in [0.2, 0.25) is 0 Å². The van der Waals surface area contributed by atoms with Crippen LogP contribution < -0.4 is 0 Å². The lowest BCUT2D eigenvalue weighted by atomic mass is 10.0. The Morgan fingerprint density at radius 1 is 1.08 bits per heavy atom. The minimum Gasteiger partial charge on any atom is -0.293 e. The summed E-state index contributed by atoms with van der Waals surface area (Å²) in [4.78, 5) is 18.1. The summed E-state index contributed by atoms with van der Waals surface area (Å²) in [5.41, 5.74) is 2.78. The molecule has 0 fully saturated rings. The second-order valence-corrected chi connectivity index (χ2v) is 7.21. The molecular weight excluding hydrogens is 338 g/mol. The number of rotatable bonds is 3. The molecule has 24 heavy (non-hydrogen) atoms. The van der Waals surface area contributed by atoms with Crippen molar-refractivity contribution in [2.75, 3.05) is 0 Å². The highest BCUT2D eigenvalue weighted by Gasteiger charge is 2.18. The predicted octanol–water partition coefficient (Wildman–Crippen LogP) is 5.84. The van der Waals surface area contributed by atoms with Crippen LogP contribution in [0.3, 0.4) is 0 Å². The zero-order valence-corrected chi connectivity index (χ0v) is 14.6. The molecule has 0 saturated carbocycles. The molecule has 0 unspecified atom stereocenters. The van der Waals surface area contributed by atoms with E-state index in [9.17, 15) is 4.79 Å². The van der Waals surface area contributed by atoms with Crippen molar-refractivity contribution < 1.29 is 4.79 Å². The third-order valence-corrected chi connectivity index (χ3v) is 5.80. The Hall–Kier alpha value is -2.23. The van der Waals surface area contributed by atoms with Crippen molar-refractivity contribution in [3.8, 4) is 0 Å². The van der Waals surface area contributed by atoms with E-state index in [1.165, 1.54) is 11.3 Å². The van der Waals surface area contributed by atoms with Crippen LogP contribution in [0.1, 0.15) is 20.9 Å². The summed E-state index contributed by atoms with van der Waals surface area (Å²) in [5, 5.41) is 2.55. The largest absolute Gasteiger partial charge is 0.293 e. The monoisotopic (exact) mass is 351 g/mol. The van der Waals surface area contributed by atoms with E-state index >= 15 is 0 Å². The van der Waals surface area contributed by atoms with E-state index in [2.05, 4.69) is 4.98 Å². The molecule has 0 bridgehead atoms. The first-order valence-corrected chi connectivity index (χ1v) is 8.88. The van der Waals surface area contributed by atoms with Crippen molar-refractivity contribution in [3.63, 3.8) is 0 Å². The van der Waals surface area contributed by atoms with Crippen molar-refractivity contribution in [2.45, 2.75) is 13.3 Å². The Morgan fingerprint density at radius 3 is 2.75 bits per heavy atom. The van der Waals surface area contributed by atoms with Crippen LogP contribution in [-0.2, 0) is 6.42 Å². The number of pyridine rings is 1. The number of aryl methyl sites for hydroxylation is 1. The minimum absolute atomic E-state index is 0.0389. The number of aromatic nitrogens is 1. The average Bonchev–Trinajstić information content (AvgIpc) is 2.93. The normalized spacial score (nSPS) is 11.2. The number of carbonyl (C=O) groups excluding carboxylic acids is 1. The highest BCUT2D eigenvalue weighted by Crippen LogP contribution is 2.36. The Bertz CT molecular complexity index is 1080. The molecule has 2 aromatic heterocycles. The number of hydrogen-bond donors (Lipinski definition) is 0. The number of thiophene rings is 1. The first kappa shape index (κ1) is 15.3. The molecule has 0 atom stereocenters. The van der Waals surface area contributed by atoms with Crippen LogP contribution in [0.4, 0.5) is 0 Å². The maximum Gasteiger partial charge on any atom is 0.178 e. The van der Waals surface area contributed by atoms with Crippen molar-refractivity contribution in [1.29, 1.82) is 0 Å². The van der Waals surface area contributed by atoms with Crippen LogP contribution >= 0.6 is 22.9 Å². The van der Waals surface area contributed by atoms with E-state index in [-0.39, 0.29) is 5.78 Å². The predicted molar refractivity (Wildman–Crippen MR) is 101 cm³/mol. The molecule has 4 aromatic rings. The quantitative estimate of drug-likeness (QED) is 0.434. The van der Waals surface area contributed by atoms with Crippen LogP contribution in [0, 0.1) is 6.92 Å². The van der Waals surface area contributed by atoms with Gasteiger partial charge in [0.15, 0.2) is 5.78 Å². The highest BCUT2D eigenvalue weighted by atomic mass is 35.5. The van der Waals surface area contributed by atoms with Crippen LogP contribution in [0.2, 0.25) is 5.02 Å². The molecule has 0 spiro atoms. The Labute approximate surface area is 148 Å². The summed E-state index contributed by atoms with van der Waals surface area (Å²) < 4.78 is 1.04. The number of Topliss-reactive ketones (excluding diaryl/α,β-unsaturated/α-hetero) is 1. The van der Waals surface area contributed by atoms with Gasteiger partial charge in [0, 0.05) is 27.6 Å². The zero-order valence-electron chi connectivity index (χ0n) is 13.0. The number of ketones is 1. The van der Waals surface area contributed by atoms with Gasteiger partial charge in [-0.2, -0.15) is 0 Å². The van der Waals surface area contributed by atoms with Gasteiger partial charge in [0.1, 0.15) is 0 Å². The van der Waals surface area contributed by atoms with E-state index in [1.807, 2.05) is 61.5 Å². The van der Waals surface area contributed by atoms with Gasteiger partial charge in [-0.3, -0.25) is 9.78 Å². The van der Waals surface area contributed by atoms with Crippen LogP contribution in [0.25, 0.3) is 21.0 Å². The number of carbonyl (C=O) groups is 1. The Balaban J connectivity index is 1.76. The van der Waals surface area contributed by atoms with Gasteiger partial charge in [0.05, 0.1) is 15.4 Å². The van der Waals surface area contributed by atoms with Crippen molar-refractivity contribution in [3.05, 3.63) is 75.8 Å². The van der Waals surface area contributed by atoms with Gasteiger partial charge in [-0.15, -0.1) is 11.3 Å². The second kappa shape index (κ2) is 6.00. The lowest BCUT2D eigenvalue weighted by molar-refractivity contribution is 0.0997. The summed E-state index contributed by atoms with van der Waals surface area (Å²) in [6.07, 6.45) is 0.306. The van der Waals surface area contributed by atoms with Crippen molar-refractivity contribution in [1.82, 2.24) is 4.98 Å². The highest BCUT2D eigenvalue weighted by molar-refractivity contribution is 7.21. The third kappa shape index (κ3) is 2.60. The number of fused-ring (bicyclic) bond motifs is 2. The maximum absolute atomic E-state index is 12.8. The number of nitrogens with zero attached hydrogens (tertiary/aromatic N) is 1. The van der Waals surface area contributed by atoms with Crippen molar-refractivity contribution in [2.24, 2.45) is 0 Å². The topological polar surface area (TPSA) is 30.0 Å². The van der Waals surface area contributed by atoms with E-state index in [4.69, 9.17) is 11.6 Å². The molecule has 0 radical (unpaired) electrons. The molecule has 0 N–H and O–H groups in total. The van der Waals surface area contributed by atoms with Crippen LogP contribution in [-0.4, -0.2) is 10.8 Å². The summed E-state index contributed by atoms with van der Waals surface area (Å²) in [6.45, 7) is 1.96. The summed E-state index contributed by atoms with van der Waals surface area (Å²) in [5.74, 6) is 0.0389. The molecule has 0 saturated heterocycles. The van der Waals surface area contributed by atoms with E-state index < -0.39 is 0 Å². The fourth-order valence-electron chi connectivity index (χ4n) is 2.90. The van der Waals surface area contributed by atoms with Crippen LogP contribution in [0.15, 0.2) is 54.6 Å². The van der Waals surface area contributed by atoms with E-state index in [0.717, 1.165) is 32.2 Å². The van der Waals surface area contributed by atoms with Gasteiger partial charge in [-0.1, -0.05) is 54.1 Å².